The van der Waals surface area contributed by atoms with E-state index >= 15 is 0 Å². The molecule has 0 saturated carbocycles. The summed E-state index contributed by atoms with van der Waals surface area (Å²) in [5.74, 6) is 0.647. The van der Waals surface area contributed by atoms with E-state index in [0.29, 0.717) is 5.92 Å². The number of hydrogen-bond donors (Lipinski definition) is 0. The predicted octanol–water partition coefficient (Wildman–Crippen LogP) is 2.86. The van der Waals surface area contributed by atoms with Crippen LogP contribution in [0.4, 0.5) is 0 Å². The molecule has 0 aromatic carbocycles. The van der Waals surface area contributed by atoms with Crippen molar-refractivity contribution in [2.75, 3.05) is 13.1 Å². The zero-order valence-electron chi connectivity index (χ0n) is 11.1. The van der Waals surface area contributed by atoms with E-state index in [9.17, 15) is 0 Å². The zero-order chi connectivity index (χ0) is 12.9. The Balaban J connectivity index is 1.65. The lowest BCUT2D eigenvalue weighted by Gasteiger charge is -2.32. The Hall–Kier alpha value is -1.74. The fourth-order valence-electron chi connectivity index (χ4n) is 2.86. The van der Waals surface area contributed by atoms with Gasteiger partial charge in [-0.15, -0.1) is 0 Å². The normalized spacial score (nSPS) is 20.3. The minimum atomic E-state index is 0.647. The van der Waals surface area contributed by atoms with Gasteiger partial charge in [0.25, 0.3) is 0 Å². The summed E-state index contributed by atoms with van der Waals surface area (Å²) < 4.78 is 0. The van der Waals surface area contributed by atoms with Crippen molar-refractivity contribution in [3.8, 4) is 0 Å². The summed E-state index contributed by atoms with van der Waals surface area (Å²) in [6, 6.07) is 8.47. The van der Waals surface area contributed by atoms with E-state index in [1.54, 1.807) is 0 Å². The van der Waals surface area contributed by atoms with Crippen LogP contribution < -0.4 is 0 Å². The SMILES string of the molecule is c1cncc(CN2CCC[C@H](c3ccncc3)C2)c1. The molecule has 0 unspecified atom stereocenters. The Morgan fingerprint density at radius 2 is 2.00 bits per heavy atom. The van der Waals surface area contributed by atoms with Crippen molar-refractivity contribution in [3.05, 3.63) is 60.2 Å². The number of nitrogens with zero attached hydrogens (tertiary/aromatic N) is 3. The highest BCUT2D eigenvalue weighted by Crippen LogP contribution is 2.27. The van der Waals surface area contributed by atoms with E-state index in [0.717, 1.165) is 13.1 Å². The van der Waals surface area contributed by atoms with Gasteiger partial charge in [0.1, 0.15) is 0 Å². The van der Waals surface area contributed by atoms with Crippen molar-refractivity contribution < 1.29 is 0 Å². The first-order valence-corrected chi connectivity index (χ1v) is 6.93. The maximum atomic E-state index is 4.19. The third-order valence-corrected chi connectivity index (χ3v) is 3.81. The summed E-state index contributed by atoms with van der Waals surface area (Å²) in [7, 11) is 0. The largest absolute Gasteiger partial charge is 0.298 e. The van der Waals surface area contributed by atoms with Crippen molar-refractivity contribution in [1.82, 2.24) is 14.9 Å². The van der Waals surface area contributed by atoms with E-state index in [1.807, 2.05) is 30.9 Å². The number of pyridine rings is 2. The number of likely N-dealkylation sites (tertiary alicyclic amines) is 1. The van der Waals surface area contributed by atoms with Crippen LogP contribution in [0.3, 0.4) is 0 Å². The van der Waals surface area contributed by atoms with Gasteiger partial charge >= 0.3 is 0 Å². The predicted molar refractivity (Wildman–Crippen MR) is 75.7 cm³/mol. The van der Waals surface area contributed by atoms with Crippen LogP contribution in [0.25, 0.3) is 0 Å². The summed E-state index contributed by atoms with van der Waals surface area (Å²) in [6.45, 7) is 3.34. The summed E-state index contributed by atoms with van der Waals surface area (Å²) in [6.07, 6.45) is 10.2. The molecular formula is C16H19N3. The molecule has 98 valence electrons. The molecule has 2 aromatic rings. The van der Waals surface area contributed by atoms with Crippen LogP contribution in [-0.2, 0) is 6.54 Å². The molecule has 1 atom stereocenters. The Kier molecular flexibility index (Phi) is 3.84. The molecule has 1 saturated heterocycles. The van der Waals surface area contributed by atoms with Crippen LogP contribution in [-0.4, -0.2) is 28.0 Å². The van der Waals surface area contributed by atoms with E-state index < -0.39 is 0 Å². The lowest BCUT2D eigenvalue weighted by molar-refractivity contribution is 0.200. The standard InChI is InChI=1S/C16H19N3/c1-3-14(11-18-7-1)12-19-10-2-4-16(13-19)15-5-8-17-9-6-15/h1,3,5-9,11,16H,2,4,10,12-13H2/t16-/m0/s1. The molecule has 1 aliphatic rings. The maximum Gasteiger partial charge on any atom is 0.0312 e. The van der Waals surface area contributed by atoms with Gasteiger partial charge in [-0.3, -0.25) is 14.9 Å². The quantitative estimate of drug-likeness (QED) is 0.842. The molecule has 1 aliphatic heterocycles. The first-order valence-electron chi connectivity index (χ1n) is 6.93. The molecule has 1 fully saturated rings. The Labute approximate surface area is 114 Å². The maximum absolute atomic E-state index is 4.19. The Bertz CT molecular complexity index is 498. The molecule has 3 heterocycles. The minimum Gasteiger partial charge on any atom is -0.298 e. The fraction of sp³-hybridized carbons (Fsp3) is 0.375. The molecule has 0 amide bonds. The molecular weight excluding hydrogens is 234 g/mol. The average molecular weight is 253 g/mol. The van der Waals surface area contributed by atoms with Crippen LogP contribution in [0.1, 0.15) is 29.9 Å². The number of piperidine rings is 1. The summed E-state index contributed by atoms with van der Waals surface area (Å²) in [5, 5.41) is 0. The number of rotatable bonds is 3. The van der Waals surface area contributed by atoms with Gasteiger partial charge in [-0.1, -0.05) is 6.07 Å². The van der Waals surface area contributed by atoms with Crippen molar-refractivity contribution in [3.63, 3.8) is 0 Å². The second kappa shape index (κ2) is 5.93. The van der Waals surface area contributed by atoms with Crippen molar-refractivity contribution >= 4 is 0 Å². The minimum absolute atomic E-state index is 0.647. The van der Waals surface area contributed by atoms with Crippen LogP contribution in [0.5, 0.6) is 0 Å². The first-order chi connectivity index (χ1) is 9.42. The molecule has 19 heavy (non-hydrogen) atoms. The summed E-state index contributed by atoms with van der Waals surface area (Å²) >= 11 is 0. The van der Waals surface area contributed by atoms with E-state index in [4.69, 9.17) is 0 Å². The van der Waals surface area contributed by atoms with E-state index in [1.165, 1.54) is 30.5 Å². The lowest BCUT2D eigenvalue weighted by Crippen LogP contribution is -2.33. The molecule has 0 aliphatic carbocycles. The first kappa shape index (κ1) is 12.3. The van der Waals surface area contributed by atoms with Gasteiger partial charge in [0.15, 0.2) is 0 Å². The number of hydrogen-bond acceptors (Lipinski definition) is 3. The summed E-state index contributed by atoms with van der Waals surface area (Å²) in [4.78, 5) is 10.8. The highest BCUT2D eigenvalue weighted by Gasteiger charge is 2.21. The van der Waals surface area contributed by atoms with Gasteiger partial charge in [-0.25, -0.2) is 0 Å². The highest BCUT2D eigenvalue weighted by molar-refractivity contribution is 5.17. The zero-order valence-corrected chi connectivity index (χ0v) is 11.1. The molecule has 3 rings (SSSR count). The number of aromatic nitrogens is 2. The van der Waals surface area contributed by atoms with Crippen LogP contribution in [0.2, 0.25) is 0 Å². The van der Waals surface area contributed by atoms with Crippen molar-refractivity contribution in [2.45, 2.75) is 25.3 Å². The Morgan fingerprint density at radius 1 is 1.11 bits per heavy atom. The monoisotopic (exact) mass is 253 g/mol. The van der Waals surface area contributed by atoms with E-state index in [2.05, 4.69) is 33.1 Å². The molecule has 0 radical (unpaired) electrons. The summed E-state index contributed by atoms with van der Waals surface area (Å²) in [5.41, 5.74) is 2.73. The topological polar surface area (TPSA) is 29.0 Å². The molecule has 0 bridgehead atoms. The second-order valence-corrected chi connectivity index (χ2v) is 5.22. The molecule has 0 spiro atoms. The molecule has 2 aromatic heterocycles. The molecule has 0 N–H and O–H groups in total. The van der Waals surface area contributed by atoms with Gasteiger partial charge < -0.3 is 0 Å². The highest BCUT2D eigenvalue weighted by atomic mass is 15.1. The third-order valence-electron chi connectivity index (χ3n) is 3.81. The van der Waals surface area contributed by atoms with Crippen molar-refractivity contribution in [1.29, 1.82) is 0 Å². The van der Waals surface area contributed by atoms with Gasteiger partial charge in [-0.05, 0) is 54.6 Å². The van der Waals surface area contributed by atoms with Crippen molar-refractivity contribution in [2.24, 2.45) is 0 Å². The third kappa shape index (κ3) is 3.18. The van der Waals surface area contributed by atoms with Gasteiger partial charge in [0, 0.05) is 37.9 Å². The van der Waals surface area contributed by atoms with Crippen LogP contribution in [0.15, 0.2) is 49.1 Å². The molecule has 3 nitrogen and oxygen atoms in total. The van der Waals surface area contributed by atoms with Crippen LogP contribution >= 0.6 is 0 Å². The second-order valence-electron chi connectivity index (χ2n) is 5.22. The van der Waals surface area contributed by atoms with Gasteiger partial charge in [0.2, 0.25) is 0 Å². The fourth-order valence-corrected chi connectivity index (χ4v) is 2.86. The molecule has 3 heteroatoms. The lowest BCUT2D eigenvalue weighted by atomic mass is 9.91. The van der Waals surface area contributed by atoms with Crippen LogP contribution in [0, 0.1) is 0 Å². The smallest absolute Gasteiger partial charge is 0.0312 e. The average Bonchev–Trinajstić information content (AvgIpc) is 2.49. The van der Waals surface area contributed by atoms with E-state index in [-0.39, 0.29) is 0 Å². The van der Waals surface area contributed by atoms with Gasteiger partial charge in [-0.2, -0.15) is 0 Å². The van der Waals surface area contributed by atoms with Gasteiger partial charge in [0.05, 0.1) is 0 Å². The Morgan fingerprint density at radius 3 is 2.79 bits per heavy atom.